The zero-order valence-electron chi connectivity index (χ0n) is 15.0. The van der Waals surface area contributed by atoms with E-state index in [0.29, 0.717) is 13.1 Å². The number of nitrogens with one attached hydrogen (secondary N) is 1. The number of carbonyl (C=O) groups is 1. The Bertz CT molecular complexity index is 514. The summed E-state index contributed by atoms with van der Waals surface area (Å²) < 4.78 is 0. The molecule has 0 aromatic heterocycles. The molecular formula is C20H31N3O. The molecule has 0 bridgehead atoms. The average molecular weight is 329 g/mol. The number of hydrogen-bond donors (Lipinski definition) is 1. The second kappa shape index (κ2) is 8.63. The van der Waals surface area contributed by atoms with Crippen LogP contribution in [0.15, 0.2) is 24.3 Å². The smallest absolute Gasteiger partial charge is 0.234 e. The molecular weight excluding hydrogens is 298 g/mol. The summed E-state index contributed by atoms with van der Waals surface area (Å²) in [5, 5.41) is 3.05. The molecule has 3 rings (SSSR count). The minimum Gasteiger partial charge on any atom is -0.351 e. The normalized spacial score (nSPS) is 20.9. The van der Waals surface area contributed by atoms with Gasteiger partial charge in [0.1, 0.15) is 0 Å². The first kappa shape index (κ1) is 17.4. The van der Waals surface area contributed by atoms with Crippen LogP contribution in [-0.4, -0.2) is 54.5 Å². The quantitative estimate of drug-likeness (QED) is 0.902. The largest absolute Gasteiger partial charge is 0.351 e. The molecule has 0 radical (unpaired) electrons. The van der Waals surface area contributed by atoms with Crippen molar-refractivity contribution in [3.8, 4) is 0 Å². The Morgan fingerprint density at radius 2 is 1.71 bits per heavy atom. The highest BCUT2D eigenvalue weighted by atomic mass is 16.2. The zero-order chi connectivity index (χ0) is 16.8. The predicted octanol–water partition coefficient (Wildman–Crippen LogP) is 2.56. The third-order valence-electron chi connectivity index (χ3n) is 5.48. The van der Waals surface area contributed by atoms with Crippen molar-refractivity contribution < 1.29 is 4.79 Å². The van der Waals surface area contributed by atoms with Crippen LogP contribution in [0.25, 0.3) is 0 Å². The molecule has 2 aliphatic rings. The summed E-state index contributed by atoms with van der Waals surface area (Å²) in [5.74, 6) is 0.140. The van der Waals surface area contributed by atoms with Crippen LogP contribution in [0.3, 0.4) is 0 Å². The van der Waals surface area contributed by atoms with Gasteiger partial charge < -0.3 is 5.32 Å². The van der Waals surface area contributed by atoms with Gasteiger partial charge in [-0.2, -0.15) is 0 Å². The number of carbonyl (C=O) groups excluding carboxylic acids is 1. The molecule has 1 saturated carbocycles. The number of aryl methyl sites for hydroxylation is 1. The molecule has 1 aromatic rings. The van der Waals surface area contributed by atoms with Gasteiger partial charge in [-0.15, -0.1) is 0 Å². The number of hydrogen-bond acceptors (Lipinski definition) is 3. The molecule has 1 aliphatic carbocycles. The Morgan fingerprint density at radius 3 is 2.38 bits per heavy atom. The molecule has 2 fully saturated rings. The van der Waals surface area contributed by atoms with Gasteiger partial charge in [-0.25, -0.2) is 0 Å². The summed E-state index contributed by atoms with van der Waals surface area (Å²) in [6.07, 6.45) is 6.95. The van der Waals surface area contributed by atoms with Crippen molar-refractivity contribution in [2.45, 2.75) is 51.6 Å². The fourth-order valence-corrected chi connectivity index (χ4v) is 3.90. The van der Waals surface area contributed by atoms with Crippen LogP contribution < -0.4 is 5.32 Å². The van der Waals surface area contributed by atoms with Crippen molar-refractivity contribution >= 4 is 5.91 Å². The highest BCUT2D eigenvalue weighted by molar-refractivity contribution is 5.78. The van der Waals surface area contributed by atoms with Gasteiger partial charge in [-0.05, 0) is 25.3 Å². The molecule has 1 saturated heterocycles. The minimum absolute atomic E-state index is 0.140. The monoisotopic (exact) mass is 329 g/mol. The van der Waals surface area contributed by atoms with Gasteiger partial charge >= 0.3 is 0 Å². The number of amides is 1. The molecule has 1 aliphatic heterocycles. The van der Waals surface area contributed by atoms with Gasteiger partial charge in [0.15, 0.2) is 0 Å². The lowest BCUT2D eigenvalue weighted by molar-refractivity contribution is -0.122. The molecule has 4 nitrogen and oxygen atoms in total. The van der Waals surface area contributed by atoms with E-state index < -0.39 is 0 Å². The Balaban J connectivity index is 1.36. The number of piperazine rings is 1. The number of benzene rings is 1. The lowest BCUT2D eigenvalue weighted by atomic mass is 9.94. The lowest BCUT2D eigenvalue weighted by Crippen LogP contribution is -2.52. The van der Waals surface area contributed by atoms with E-state index in [1.54, 1.807) is 0 Å². The summed E-state index contributed by atoms with van der Waals surface area (Å²) in [4.78, 5) is 17.1. The Morgan fingerprint density at radius 1 is 1.04 bits per heavy atom. The molecule has 1 heterocycles. The topological polar surface area (TPSA) is 35.6 Å². The van der Waals surface area contributed by atoms with Crippen molar-refractivity contribution in [1.82, 2.24) is 15.1 Å². The van der Waals surface area contributed by atoms with Crippen LogP contribution in [0, 0.1) is 6.92 Å². The molecule has 0 atom stereocenters. The van der Waals surface area contributed by atoms with E-state index in [-0.39, 0.29) is 5.91 Å². The second-order valence-electron chi connectivity index (χ2n) is 7.37. The SMILES string of the molecule is Cc1ccc(CNC(=O)CN2CCN(C3CCCCC3)CC2)cc1. The van der Waals surface area contributed by atoms with Crippen LogP contribution in [0.4, 0.5) is 0 Å². The van der Waals surface area contributed by atoms with Crippen molar-refractivity contribution in [2.24, 2.45) is 0 Å². The first-order chi connectivity index (χ1) is 11.7. The highest BCUT2D eigenvalue weighted by Crippen LogP contribution is 2.23. The van der Waals surface area contributed by atoms with E-state index in [4.69, 9.17) is 0 Å². The summed E-state index contributed by atoms with van der Waals surface area (Å²) >= 11 is 0. The van der Waals surface area contributed by atoms with E-state index in [1.807, 2.05) is 0 Å². The first-order valence-electron chi connectivity index (χ1n) is 9.49. The summed E-state index contributed by atoms with van der Waals surface area (Å²) in [6.45, 7) is 7.52. The fraction of sp³-hybridized carbons (Fsp3) is 0.650. The minimum atomic E-state index is 0.140. The number of nitrogens with zero attached hydrogens (tertiary/aromatic N) is 2. The van der Waals surface area contributed by atoms with Crippen molar-refractivity contribution in [3.63, 3.8) is 0 Å². The van der Waals surface area contributed by atoms with Gasteiger partial charge in [-0.1, -0.05) is 49.1 Å². The van der Waals surface area contributed by atoms with E-state index in [0.717, 1.165) is 37.8 Å². The van der Waals surface area contributed by atoms with Crippen molar-refractivity contribution in [3.05, 3.63) is 35.4 Å². The number of rotatable bonds is 5. The Kier molecular flexibility index (Phi) is 6.27. The third kappa shape index (κ3) is 5.05. The van der Waals surface area contributed by atoms with Crippen LogP contribution in [-0.2, 0) is 11.3 Å². The molecule has 24 heavy (non-hydrogen) atoms. The van der Waals surface area contributed by atoms with Gasteiger partial charge in [0.05, 0.1) is 6.54 Å². The molecule has 1 aromatic carbocycles. The van der Waals surface area contributed by atoms with E-state index in [1.165, 1.54) is 37.7 Å². The zero-order valence-corrected chi connectivity index (χ0v) is 15.0. The second-order valence-corrected chi connectivity index (χ2v) is 7.37. The standard InChI is InChI=1S/C20H31N3O/c1-17-7-9-18(10-8-17)15-21-20(24)16-22-11-13-23(14-12-22)19-5-3-2-4-6-19/h7-10,19H,2-6,11-16H2,1H3,(H,21,24). The summed E-state index contributed by atoms with van der Waals surface area (Å²) in [5.41, 5.74) is 2.41. The maximum atomic E-state index is 12.2. The van der Waals surface area contributed by atoms with Gasteiger partial charge in [0.2, 0.25) is 5.91 Å². The van der Waals surface area contributed by atoms with E-state index in [9.17, 15) is 4.79 Å². The van der Waals surface area contributed by atoms with Crippen LogP contribution in [0.2, 0.25) is 0 Å². The fourth-order valence-electron chi connectivity index (χ4n) is 3.90. The summed E-state index contributed by atoms with van der Waals surface area (Å²) in [7, 11) is 0. The van der Waals surface area contributed by atoms with Crippen LogP contribution >= 0.6 is 0 Å². The predicted molar refractivity (Wildman–Crippen MR) is 97.9 cm³/mol. The third-order valence-corrected chi connectivity index (χ3v) is 5.48. The van der Waals surface area contributed by atoms with Gasteiger partial charge in [-0.3, -0.25) is 14.6 Å². The van der Waals surface area contributed by atoms with Crippen molar-refractivity contribution in [1.29, 1.82) is 0 Å². The molecule has 1 amide bonds. The Labute approximate surface area is 146 Å². The molecule has 4 heteroatoms. The van der Waals surface area contributed by atoms with Crippen LogP contribution in [0.1, 0.15) is 43.2 Å². The summed E-state index contributed by atoms with van der Waals surface area (Å²) in [6, 6.07) is 9.14. The first-order valence-corrected chi connectivity index (χ1v) is 9.49. The average Bonchev–Trinajstić information content (AvgIpc) is 2.63. The Hall–Kier alpha value is -1.39. The van der Waals surface area contributed by atoms with Crippen LogP contribution in [0.5, 0.6) is 0 Å². The van der Waals surface area contributed by atoms with Gasteiger partial charge in [0, 0.05) is 38.8 Å². The van der Waals surface area contributed by atoms with E-state index in [2.05, 4.69) is 46.3 Å². The molecule has 1 N–H and O–H groups in total. The highest BCUT2D eigenvalue weighted by Gasteiger charge is 2.25. The van der Waals surface area contributed by atoms with Gasteiger partial charge in [0.25, 0.3) is 0 Å². The molecule has 0 unspecified atom stereocenters. The molecule has 132 valence electrons. The maximum absolute atomic E-state index is 12.2. The molecule has 0 spiro atoms. The lowest BCUT2D eigenvalue weighted by Gasteiger charge is -2.40. The van der Waals surface area contributed by atoms with Crippen molar-refractivity contribution in [2.75, 3.05) is 32.7 Å². The van der Waals surface area contributed by atoms with E-state index >= 15 is 0 Å². The maximum Gasteiger partial charge on any atom is 0.234 e.